The fraction of sp³-hybridized carbons (Fsp3) is 0.818. The number of ether oxygens (including phenoxy) is 1. The van der Waals surface area contributed by atoms with E-state index in [1.807, 2.05) is 6.07 Å². The van der Waals surface area contributed by atoms with Gasteiger partial charge in [-0.1, -0.05) is 0 Å². The summed E-state index contributed by atoms with van der Waals surface area (Å²) in [5.74, 6) is 0.314. The van der Waals surface area contributed by atoms with E-state index in [1.165, 1.54) is 0 Å². The minimum absolute atomic E-state index is 0.184. The molecule has 1 fully saturated rings. The average molecular weight is 210 g/mol. The Hall–Kier alpha value is -1.08. The van der Waals surface area contributed by atoms with Crippen LogP contribution in [0.1, 0.15) is 26.7 Å². The van der Waals surface area contributed by atoms with Gasteiger partial charge in [-0.3, -0.25) is 4.79 Å². The summed E-state index contributed by atoms with van der Waals surface area (Å²) in [7, 11) is 0. The zero-order valence-electron chi connectivity index (χ0n) is 9.38. The van der Waals surface area contributed by atoms with Crippen LogP contribution in [0.3, 0.4) is 0 Å². The van der Waals surface area contributed by atoms with Crippen molar-refractivity contribution in [1.82, 2.24) is 5.32 Å². The lowest BCUT2D eigenvalue weighted by molar-refractivity contribution is -0.127. The van der Waals surface area contributed by atoms with Crippen LogP contribution in [0.15, 0.2) is 0 Å². The van der Waals surface area contributed by atoms with Crippen LogP contribution in [-0.4, -0.2) is 25.7 Å². The maximum atomic E-state index is 11.6. The molecule has 0 saturated carbocycles. The molecule has 15 heavy (non-hydrogen) atoms. The molecule has 0 bridgehead atoms. The first kappa shape index (κ1) is 12.0. The van der Waals surface area contributed by atoms with Gasteiger partial charge in [-0.25, -0.2) is 0 Å². The molecule has 4 heteroatoms. The number of hydrogen-bond acceptors (Lipinski definition) is 3. The van der Waals surface area contributed by atoms with Gasteiger partial charge in [-0.2, -0.15) is 5.26 Å². The number of nitrogens with one attached hydrogen (secondary N) is 1. The molecule has 1 amide bonds. The lowest BCUT2D eigenvalue weighted by Crippen LogP contribution is -2.39. The van der Waals surface area contributed by atoms with Gasteiger partial charge >= 0.3 is 0 Å². The molecule has 1 aliphatic heterocycles. The van der Waals surface area contributed by atoms with E-state index in [1.54, 1.807) is 13.8 Å². The molecule has 0 aromatic carbocycles. The van der Waals surface area contributed by atoms with Crippen LogP contribution < -0.4 is 5.32 Å². The summed E-state index contributed by atoms with van der Waals surface area (Å²) in [5.41, 5.74) is -0.925. The van der Waals surface area contributed by atoms with Crippen LogP contribution in [0.2, 0.25) is 0 Å². The van der Waals surface area contributed by atoms with Crippen LogP contribution in [0.5, 0.6) is 0 Å². The molecule has 0 aliphatic carbocycles. The first-order valence-electron chi connectivity index (χ1n) is 5.33. The Bertz CT molecular complexity index is 262. The van der Waals surface area contributed by atoms with Gasteiger partial charge in [0.05, 0.1) is 6.07 Å². The molecule has 1 aliphatic rings. The zero-order chi connectivity index (χ0) is 11.3. The SMILES string of the molecule is CC(C)(C#N)C(=O)NCC1CCOCC1. The molecule has 1 saturated heterocycles. The normalized spacial score (nSPS) is 18.2. The van der Waals surface area contributed by atoms with Gasteiger partial charge in [0.2, 0.25) is 5.91 Å². The Labute approximate surface area is 90.6 Å². The predicted octanol–water partition coefficient (Wildman–Crippen LogP) is 1.08. The molecule has 0 spiro atoms. The van der Waals surface area contributed by atoms with Crippen LogP contribution in [-0.2, 0) is 9.53 Å². The van der Waals surface area contributed by atoms with E-state index in [0.717, 1.165) is 26.1 Å². The average Bonchev–Trinajstić information content (AvgIpc) is 2.27. The topological polar surface area (TPSA) is 62.1 Å². The van der Waals surface area contributed by atoms with Crippen molar-refractivity contribution in [3.63, 3.8) is 0 Å². The molecule has 0 atom stereocenters. The summed E-state index contributed by atoms with van der Waals surface area (Å²) in [6.07, 6.45) is 1.99. The maximum absolute atomic E-state index is 11.6. The summed E-state index contributed by atoms with van der Waals surface area (Å²) < 4.78 is 5.23. The monoisotopic (exact) mass is 210 g/mol. The van der Waals surface area contributed by atoms with E-state index >= 15 is 0 Å². The van der Waals surface area contributed by atoms with E-state index in [2.05, 4.69) is 5.32 Å². The number of hydrogen-bond donors (Lipinski definition) is 1. The number of carbonyl (C=O) groups is 1. The second-order valence-electron chi connectivity index (χ2n) is 4.50. The van der Waals surface area contributed by atoms with Crippen molar-refractivity contribution in [2.24, 2.45) is 11.3 Å². The van der Waals surface area contributed by atoms with E-state index in [0.29, 0.717) is 12.5 Å². The van der Waals surface area contributed by atoms with Crippen LogP contribution in [0, 0.1) is 22.7 Å². The highest BCUT2D eigenvalue weighted by Gasteiger charge is 2.27. The first-order valence-corrected chi connectivity index (χ1v) is 5.33. The van der Waals surface area contributed by atoms with E-state index < -0.39 is 5.41 Å². The van der Waals surface area contributed by atoms with E-state index in [-0.39, 0.29) is 5.91 Å². The van der Waals surface area contributed by atoms with Crippen molar-refractivity contribution in [2.45, 2.75) is 26.7 Å². The van der Waals surface area contributed by atoms with Crippen molar-refractivity contribution in [1.29, 1.82) is 5.26 Å². The molecule has 1 N–H and O–H groups in total. The molecule has 1 heterocycles. The van der Waals surface area contributed by atoms with Gasteiger partial charge in [0.15, 0.2) is 0 Å². The van der Waals surface area contributed by atoms with E-state index in [9.17, 15) is 4.79 Å². The van der Waals surface area contributed by atoms with Gasteiger partial charge in [-0.15, -0.1) is 0 Å². The highest BCUT2D eigenvalue weighted by molar-refractivity contribution is 5.84. The smallest absolute Gasteiger partial charge is 0.239 e. The van der Waals surface area contributed by atoms with Gasteiger partial charge < -0.3 is 10.1 Å². The number of nitriles is 1. The lowest BCUT2D eigenvalue weighted by Gasteiger charge is -2.23. The van der Waals surface area contributed by atoms with Crippen molar-refractivity contribution < 1.29 is 9.53 Å². The summed E-state index contributed by atoms with van der Waals surface area (Å²) in [6.45, 7) is 5.48. The third-order valence-corrected chi connectivity index (χ3v) is 2.74. The standard InChI is InChI=1S/C11H18N2O2/c1-11(2,8-12)10(14)13-7-9-3-5-15-6-4-9/h9H,3-7H2,1-2H3,(H,13,14). The second kappa shape index (κ2) is 5.13. The molecular weight excluding hydrogens is 192 g/mol. The Kier molecular flexibility index (Phi) is 4.10. The number of nitrogens with zero attached hydrogens (tertiary/aromatic N) is 1. The third-order valence-electron chi connectivity index (χ3n) is 2.74. The fourth-order valence-electron chi connectivity index (χ4n) is 1.46. The molecule has 0 radical (unpaired) electrons. The molecular formula is C11H18N2O2. The molecule has 4 nitrogen and oxygen atoms in total. The maximum Gasteiger partial charge on any atom is 0.239 e. The quantitative estimate of drug-likeness (QED) is 0.758. The van der Waals surface area contributed by atoms with Gasteiger partial charge in [0.1, 0.15) is 5.41 Å². The van der Waals surface area contributed by atoms with E-state index in [4.69, 9.17) is 10.00 Å². The second-order valence-corrected chi connectivity index (χ2v) is 4.50. The van der Waals surface area contributed by atoms with Crippen molar-refractivity contribution in [2.75, 3.05) is 19.8 Å². The Morgan fingerprint density at radius 1 is 1.53 bits per heavy atom. The summed E-state index contributed by atoms with van der Waals surface area (Å²) in [4.78, 5) is 11.6. The molecule has 0 aromatic heterocycles. The fourth-order valence-corrected chi connectivity index (χ4v) is 1.46. The summed E-state index contributed by atoms with van der Waals surface area (Å²) in [5, 5.41) is 11.6. The first-order chi connectivity index (χ1) is 7.06. The molecule has 84 valence electrons. The van der Waals surface area contributed by atoms with Gasteiger partial charge in [0, 0.05) is 19.8 Å². The third kappa shape index (κ3) is 3.52. The molecule has 1 rings (SSSR count). The Balaban J connectivity index is 2.30. The van der Waals surface area contributed by atoms with Gasteiger partial charge in [-0.05, 0) is 32.6 Å². The van der Waals surface area contributed by atoms with Crippen LogP contribution in [0.25, 0.3) is 0 Å². The van der Waals surface area contributed by atoms with Crippen molar-refractivity contribution in [3.8, 4) is 6.07 Å². The predicted molar refractivity (Wildman–Crippen MR) is 55.9 cm³/mol. The molecule has 0 aromatic rings. The Morgan fingerprint density at radius 3 is 2.67 bits per heavy atom. The number of rotatable bonds is 3. The summed E-state index contributed by atoms with van der Waals surface area (Å²) >= 11 is 0. The summed E-state index contributed by atoms with van der Waals surface area (Å²) in [6, 6.07) is 1.99. The number of carbonyl (C=O) groups excluding carboxylic acids is 1. The largest absolute Gasteiger partial charge is 0.381 e. The highest BCUT2D eigenvalue weighted by atomic mass is 16.5. The zero-order valence-corrected chi connectivity index (χ0v) is 9.38. The Morgan fingerprint density at radius 2 is 2.13 bits per heavy atom. The van der Waals surface area contributed by atoms with Gasteiger partial charge in [0.25, 0.3) is 0 Å². The van der Waals surface area contributed by atoms with Crippen LogP contribution in [0.4, 0.5) is 0 Å². The number of amides is 1. The van der Waals surface area contributed by atoms with Crippen molar-refractivity contribution >= 4 is 5.91 Å². The highest BCUT2D eigenvalue weighted by Crippen LogP contribution is 2.16. The minimum Gasteiger partial charge on any atom is -0.381 e. The lowest BCUT2D eigenvalue weighted by atomic mass is 9.93. The van der Waals surface area contributed by atoms with Crippen molar-refractivity contribution in [3.05, 3.63) is 0 Å². The minimum atomic E-state index is -0.925. The van der Waals surface area contributed by atoms with Crippen LogP contribution >= 0.6 is 0 Å². The molecule has 0 unspecified atom stereocenters.